The second-order valence-corrected chi connectivity index (χ2v) is 9.74. The predicted molar refractivity (Wildman–Crippen MR) is 124 cm³/mol. The Hall–Kier alpha value is -1.66. The molecule has 0 spiro atoms. The van der Waals surface area contributed by atoms with Crippen molar-refractivity contribution in [2.24, 2.45) is 11.8 Å². The fourth-order valence-electron chi connectivity index (χ4n) is 4.49. The summed E-state index contributed by atoms with van der Waals surface area (Å²) >= 11 is 0. The molecule has 0 saturated carbocycles. The highest BCUT2D eigenvalue weighted by Crippen LogP contribution is 2.25. The second-order valence-electron chi connectivity index (χ2n) is 9.74. The molecule has 0 atom stereocenters. The van der Waals surface area contributed by atoms with Crippen molar-refractivity contribution in [2.75, 3.05) is 26.2 Å². The predicted octanol–water partition coefficient (Wildman–Crippen LogP) is 4.01. The van der Waals surface area contributed by atoms with E-state index in [2.05, 4.69) is 76.2 Å². The fourth-order valence-corrected chi connectivity index (χ4v) is 4.49. The summed E-state index contributed by atoms with van der Waals surface area (Å²) in [6, 6.07) is 4.39. The van der Waals surface area contributed by atoms with Gasteiger partial charge in [-0.3, -0.25) is 9.36 Å². The molecule has 0 bridgehead atoms. The third-order valence-electron chi connectivity index (χ3n) is 6.02. The molecule has 0 aromatic carbocycles. The Labute approximate surface area is 182 Å². The van der Waals surface area contributed by atoms with E-state index in [1.54, 1.807) is 0 Å². The van der Waals surface area contributed by atoms with Gasteiger partial charge in [0.05, 0.1) is 5.69 Å². The summed E-state index contributed by atoms with van der Waals surface area (Å²) in [7, 11) is 0. The van der Waals surface area contributed by atoms with Crippen LogP contribution in [0.2, 0.25) is 0 Å². The van der Waals surface area contributed by atoms with E-state index < -0.39 is 0 Å². The lowest BCUT2D eigenvalue weighted by molar-refractivity contribution is 0.406. The van der Waals surface area contributed by atoms with Crippen LogP contribution in [0.25, 0.3) is 0 Å². The summed E-state index contributed by atoms with van der Waals surface area (Å²) in [5.41, 5.74) is 2.72. The van der Waals surface area contributed by atoms with Crippen LogP contribution in [0, 0.1) is 11.8 Å². The van der Waals surface area contributed by atoms with E-state index in [4.69, 9.17) is 0 Å². The standard InChI is InChI=1S/2C12H21N3/c1-10(2)9-15-8-5-12(14-15)11-3-6-13-7-4-11;1-10(2)9-15-12(5-8-14-15)11-3-6-13-7-4-11/h2*5,8,10-11,13H,3-4,6-7,9H2,1-2H3. The maximum absolute atomic E-state index is 4.66. The van der Waals surface area contributed by atoms with Crippen molar-refractivity contribution >= 4 is 0 Å². The Morgan fingerprint density at radius 2 is 1.47 bits per heavy atom. The van der Waals surface area contributed by atoms with Crippen molar-refractivity contribution in [1.29, 1.82) is 0 Å². The fraction of sp³-hybridized carbons (Fsp3) is 0.750. The molecule has 0 amide bonds. The Morgan fingerprint density at radius 3 is 2.07 bits per heavy atom. The monoisotopic (exact) mass is 414 g/mol. The number of hydrogen-bond donors (Lipinski definition) is 2. The summed E-state index contributed by atoms with van der Waals surface area (Å²) in [5, 5.41) is 15.9. The molecule has 2 aliphatic heterocycles. The largest absolute Gasteiger partial charge is 0.317 e. The van der Waals surface area contributed by atoms with Crippen molar-refractivity contribution in [1.82, 2.24) is 30.2 Å². The van der Waals surface area contributed by atoms with Crippen LogP contribution >= 0.6 is 0 Å². The smallest absolute Gasteiger partial charge is 0.0656 e. The van der Waals surface area contributed by atoms with Gasteiger partial charge in [0, 0.05) is 43.0 Å². The van der Waals surface area contributed by atoms with Gasteiger partial charge in [-0.1, -0.05) is 27.7 Å². The maximum Gasteiger partial charge on any atom is 0.0656 e. The molecule has 2 fully saturated rings. The molecule has 168 valence electrons. The van der Waals surface area contributed by atoms with Gasteiger partial charge in [0.1, 0.15) is 0 Å². The van der Waals surface area contributed by atoms with Gasteiger partial charge in [0.15, 0.2) is 0 Å². The Kier molecular flexibility index (Phi) is 8.94. The second kappa shape index (κ2) is 11.7. The Balaban J connectivity index is 0.000000171. The SMILES string of the molecule is CC(C)Cn1ccc(C2CCNCC2)n1.CC(C)Cn1nccc1C1CCNCC1. The number of piperidine rings is 2. The number of rotatable bonds is 6. The minimum Gasteiger partial charge on any atom is -0.317 e. The first-order chi connectivity index (χ1) is 14.5. The lowest BCUT2D eigenvalue weighted by atomic mass is 9.94. The zero-order valence-corrected chi connectivity index (χ0v) is 19.5. The van der Waals surface area contributed by atoms with Crippen LogP contribution in [0.1, 0.15) is 76.6 Å². The highest BCUT2D eigenvalue weighted by molar-refractivity contribution is 5.09. The van der Waals surface area contributed by atoms with E-state index >= 15 is 0 Å². The van der Waals surface area contributed by atoms with Crippen molar-refractivity contribution in [3.63, 3.8) is 0 Å². The topological polar surface area (TPSA) is 59.7 Å². The van der Waals surface area contributed by atoms with E-state index in [-0.39, 0.29) is 0 Å². The first-order valence-electron chi connectivity index (χ1n) is 12.0. The summed E-state index contributed by atoms with van der Waals surface area (Å²) in [4.78, 5) is 0. The van der Waals surface area contributed by atoms with E-state index in [0.29, 0.717) is 23.7 Å². The van der Waals surface area contributed by atoms with Crippen molar-refractivity contribution in [2.45, 2.75) is 78.3 Å². The molecular formula is C24H42N6. The summed E-state index contributed by atoms with van der Waals surface area (Å²) in [6.07, 6.45) is 9.04. The van der Waals surface area contributed by atoms with Gasteiger partial charge in [-0.05, 0) is 75.8 Å². The minimum absolute atomic E-state index is 0.672. The van der Waals surface area contributed by atoms with Crippen molar-refractivity contribution in [3.05, 3.63) is 35.9 Å². The number of aromatic nitrogens is 4. The molecule has 2 saturated heterocycles. The van der Waals surface area contributed by atoms with E-state index in [0.717, 1.165) is 39.3 Å². The molecule has 4 rings (SSSR count). The molecule has 0 unspecified atom stereocenters. The molecule has 0 radical (unpaired) electrons. The van der Waals surface area contributed by atoms with Gasteiger partial charge in [0.2, 0.25) is 0 Å². The van der Waals surface area contributed by atoms with Crippen LogP contribution in [0.5, 0.6) is 0 Å². The normalized spacial score (nSPS) is 18.6. The lowest BCUT2D eigenvalue weighted by Crippen LogP contribution is -2.28. The average Bonchev–Trinajstić information content (AvgIpc) is 3.39. The van der Waals surface area contributed by atoms with Gasteiger partial charge in [0.25, 0.3) is 0 Å². The molecule has 2 aliphatic rings. The molecule has 0 aliphatic carbocycles. The third-order valence-corrected chi connectivity index (χ3v) is 6.02. The molecule has 2 N–H and O–H groups in total. The van der Waals surface area contributed by atoms with Gasteiger partial charge in [-0.25, -0.2) is 0 Å². The minimum atomic E-state index is 0.672. The van der Waals surface area contributed by atoms with Crippen LogP contribution in [0.15, 0.2) is 24.5 Å². The van der Waals surface area contributed by atoms with Crippen molar-refractivity contribution in [3.8, 4) is 0 Å². The number of nitrogens with zero attached hydrogens (tertiary/aromatic N) is 4. The van der Waals surface area contributed by atoms with E-state index in [1.165, 1.54) is 37.1 Å². The first kappa shape index (κ1) is 23.0. The van der Waals surface area contributed by atoms with Gasteiger partial charge >= 0.3 is 0 Å². The Bertz CT molecular complexity index is 720. The quantitative estimate of drug-likeness (QED) is 0.750. The highest BCUT2D eigenvalue weighted by Gasteiger charge is 2.19. The lowest BCUT2D eigenvalue weighted by Gasteiger charge is -2.23. The molecule has 2 aromatic heterocycles. The van der Waals surface area contributed by atoms with Crippen LogP contribution in [-0.2, 0) is 13.1 Å². The number of hydrogen-bond acceptors (Lipinski definition) is 4. The van der Waals surface area contributed by atoms with Crippen LogP contribution in [0.4, 0.5) is 0 Å². The van der Waals surface area contributed by atoms with Crippen LogP contribution in [-0.4, -0.2) is 45.7 Å². The molecule has 6 nitrogen and oxygen atoms in total. The number of nitrogens with one attached hydrogen (secondary N) is 2. The summed E-state index contributed by atoms with van der Waals surface area (Å²) in [6.45, 7) is 15.6. The molecular weight excluding hydrogens is 372 g/mol. The zero-order valence-electron chi connectivity index (χ0n) is 19.5. The highest BCUT2D eigenvalue weighted by atomic mass is 15.3. The van der Waals surface area contributed by atoms with Gasteiger partial charge in [-0.15, -0.1) is 0 Å². The van der Waals surface area contributed by atoms with Gasteiger partial charge in [-0.2, -0.15) is 10.2 Å². The third kappa shape index (κ3) is 6.95. The maximum atomic E-state index is 4.66. The van der Waals surface area contributed by atoms with Crippen LogP contribution < -0.4 is 10.6 Å². The molecule has 6 heteroatoms. The first-order valence-corrected chi connectivity index (χ1v) is 12.0. The van der Waals surface area contributed by atoms with Crippen LogP contribution in [0.3, 0.4) is 0 Å². The molecule has 30 heavy (non-hydrogen) atoms. The van der Waals surface area contributed by atoms with Crippen molar-refractivity contribution < 1.29 is 0 Å². The molecule has 2 aromatic rings. The van der Waals surface area contributed by atoms with E-state index in [1.807, 2.05) is 6.20 Å². The molecule has 4 heterocycles. The zero-order chi connectivity index (χ0) is 21.3. The summed E-state index contributed by atoms with van der Waals surface area (Å²) < 4.78 is 4.28. The Morgan fingerprint density at radius 1 is 0.867 bits per heavy atom. The van der Waals surface area contributed by atoms with E-state index in [9.17, 15) is 0 Å². The summed E-state index contributed by atoms with van der Waals surface area (Å²) in [5.74, 6) is 2.74. The average molecular weight is 415 g/mol. The van der Waals surface area contributed by atoms with Gasteiger partial charge < -0.3 is 10.6 Å².